The fourth-order valence-electron chi connectivity index (χ4n) is 1.68. The number of halogens is 4. The average molecular weight is 285 g/mol. The first-order chi connectivity index (χ1) is 8.92. The third-order valence-electron chi connectivity index (χ3n) is 2.89. The Hall–Kier alpha value is -0.810. The Balaban J connectivity index is 3.47. The SMILES string of the molecule is CCCCCCCCCCNC(=O)C(F)(F)C(F)F. The van der Waals surface area contributed by atoms with Gasteiger partial charge in [0.15, 0.2) is 0 Å². The van der Waals surface area contributed by atoms with Gasteiger partial charge in [-0.2, -0.15) is 8.78 Å². The highest BCUT2D eigenvalue weighted by Gasteiger charge is 2.48. The minimum Gasteiger partial charge on any atom is -0.351 e. The highest BCUT2D eigenvalue weighted by atomic mass is 19.3. The van der Waals surface area contributed by atoms with Gasteiger partial charge in [-0.15, -0.1) is 0 Å². The number of amides is 1. The number of carbonyl (C=O) groups is 1. The van der Waals surface area contributed by atoms with Gasteiger partial charge < -0.3 is 5.32 Å². The first kappa shape index (κ1) is 18.2. The van der Waals surface area contributed by atoms with Crippen molar-refractivity contribution in [2.45, 2.75) is 70.6 Å². The predicted octanol–water partition coefficient (Wildman–Crippen LogP) is 4.14. The zero-order valence-corrected chi connectivity index (χ0v) is 11.4. The molecular formula is C13H23F4NO. The quantitative estimate of drug-likeness (QED) is 0.448. The van der Waals surface area contributed by atoms with Crippen molar-refractivity contribution in [3.05, 3.63) is 0 Å². The Morgan fingerprint density at radius 2 is 1.47 bits per heavy atom. The molecular weight excluding hydrogens is 262 g/mol. The Morgan fingerprint density at radius 3 is 1.95 bits per heavy atom. The lowest BCUT2D eigenvalue weighted by atomic mass is 10.1. The van der Waals surface area contributed by atoms with Crippen molar-refractivity contribution in [2.24, 2.45) is 0 Å². The molecule has 1 N–H and O–H groups in total. The van der Waals surface area contributed by atoms with E-state index in [1.54, 1.807) is 0 Å². The second-order valence-electron chi connectivity index (χ2n) is 4.65. The van der Waals surface area contributed by atoms with Crippen LogP contribution in [0.3, 0.4) is 0 Å². The van der Waals surface area contributed by atoms with Crippen LogP contribution in [0, 0.1) is 0 Å². The summed E-state index contributed by atoms with van der Waals surface area (Å²) in [6, 6.07) is 0. The number of unbranched alkanes of at least 4 members (excludes halogenated alkanes) is 7. The lowest BCUT2D eigenvalue weighted by molar-refractivity contribution is -0.169. The summed E-state index contributed by atoms with van der Waals surface area (Å²) in [7, 11) is 0. The van der Waals surface area contributed by atoms with Gasteiger partial charge in [-0.05, 0) is 6.42 Å². The highest BCUT2D eigenvalue weighted by Crippen LogP contribution is 2.22. The van der Waals surface area contributed by atoms with E-state index < -0.39 is 18.3 Å². The van der Waals surface area contributed by atoms with E-state index in [1.807, 2.05) is 5.32 Å². The Bertz CT molecular complexity index is 247. The third kappa shape index (κ3) is 8.06. The number of hydrogen-bond acceptors (Lipinski definition) is 1. The minimum absolute atomic E-state index is 0.0239. The highest BCUT2D eigenvalue weighted by molar-refractivity contribution is 5.83. The molecule has 0 aliphatic carbocycles. The normalized spacial score (nSPS) is 11.9. The fraction of sp³-hybridized carbons (Fsp3) is 0.923. The Morgan fingerprint density at radius 1 is 1.00 bits per heavy atom. The lowest BCUT2D eigenvalue weighted by Gasteiger charge is -2.14. The Labute approximate surface area is 111 Å². The summed E-state index contributed by atoms with van der Waals surface area (Å²) in [4.78, 5) is 10.8. The summed E-state index contributed by atoms with van der Waals surface area (Å²) < 4.78 is 48.7. The van der Waals surface area contributed by atoms with Crippen molar-refractivity contribution in [1.82, 2.24) is 5.32 Å². The van der Waals surface area contributed by atoms with E-state index in [2.05, 4.69) is 6.92 Å². The molecule has 0 aromatic rings. The standard InChI is InChI=1S/C13H23F4NO/c1-2-3-4-5-6-7-8-9-10-18-12(19)13(16,17)11(14)15/h11H,2-10H2,1H3,(H,18,19). The number of alkyl halides is 4. The molecule has 0 aromatic carbocycles. The summed E-state index contributed by atoms with van der Waals surface area (Å²) in [6.07, 6.45) is 4.23. The second kappa shape index (κ2) is 10.0. The van der Waals surface area contributed by atoms with E-state index in [0.29, 0.717) is 6.42 Å². The van der Waals surface area contributed by atoms with Crippen LogP contribution in [-0.2, 0) is 4.79 Å². The molecule has 114 valence electrons. The molecule has 0 radical (unpaired) electrons. The molecule has 0 aliphatic rings. The van der Waals surface area contributed by atoms with Gasteiger partial charge in [-0.3, -0.25) is 4.79 Å². The zero-order valence-electron chi connectivity index (χ0n) is 11.4. The van der Waals surface area contributed by atoms with E-state index in [1.165, 1.54) is 19.3 Å². The van der Waals surface area contributed by atoms with Gasteiger partial charge in [-0.25, -0.2) is 8.78 Å². The molecule has 0 aromatic heterocycles. The van der Waals surface area contributed by atoms with Gasteiger partial charge in [-0.1, -0.05) is 51.9 Å². The number of nitrogens with one attached hydrogen (secondary N) is 1. The number of carbonyl (C=O) groups excluding carboxylic acids is 1. The summed E-state index contributed by atoms with van der Waals surface area (Å²) in [5.41, 5.74) is 0. The monoisotopic (exact) mass is 285 g/mol. The molecule has 6 heteroatoms. The van der Waals surface area contributed by atoms with Gasteiger partial charge in [0.2, 0.25) is 0 Å². The average Bonchev–Trinajstić information content (AvgIpc) is 2.36. The van der Waals surface area contributed by atoms with Crippen LogP contribution >= 0.6 is 0 Å². The molecule has 0 bridgehead atoms. The van der Waals surface area contributed by atoms with Crippen LogP contribution in [0.15, 0.2) is 0 Å². The molecule has 2 nitrogen and oxygen atoms in total. The van der Waals surface area contributed by atoms with Crippen LogP contribution in [0.5, 0.6) is 0 Å². The topological polar surface area (TPSA) is 29.1 Å². The number of rotatable bonds is 11. The van der Waals surface area contributed by atoms with Gasteiger partial charge in [0.1, 0.15) is 0 Å². The van der Waals surface area contributed by atoms with Crippen molar-refractivity contribution >= 4 is 5.91 Å². The first-order valence-corrected chi connectivity index (χ1v) is 6.87. The maximum absolute atomic E-state index is 12.5. The number of hydrogen-bond donors (Lipinski definition) is 1. The van der Waals surface area contributed by atoms with Crippen LogP contribution in [0.1, 0.15) is 58.3 Å². The van der Waals surface area contributed by atoms with Crippen LogP contribution in [0.25, 0.3) is 0 Å². The van der Waals surface area contributed by atoms with Crippen molar-refractivity contribution in [2.75, 3.05) is 6.54 Å². The van der Waals surface area contributed by atoms with E-state index in [-0.39, 0.29) is 6.54 Å². The van der Waals surface area contributed by atoms with Gasteiger partial charge in [0, 0.05) is 6.54 Å². The van der Waals surface area contributed by atoms with Gasteiger partial charge in [0.05, 0.1) is 0 Å². The molecule has 0 heterocycles. The van der Waals surface area contributed by atoms with E-state index in [0.717, 1.165) is 25.7 Å². The van der Waals surface area contributed by atoms with Crippen LogP contribution in [0.4, 0.5) is 17.6 Å². The molecule has 0 spiro atoms. The summed E-state index contributed by atoms with van der Waals surface area (Å²) in [5.74, 6) is -6.47. The molecule has 19 heavy (non-hydrogen) atoms. The maximum atomic E-state index is 12.5. The van der Waals surface area contributed by atoms with Crippen molar-refractivity contribution in [3.8, 4) is 0 Å². The minimum atomic E-state index is -4.58. The van der Waals surface area contributed by atoms with Gasteiger partial charge in [0.25, 0.3) is 5.91 Å². The van der Waals surface area contributed by atoms with Gasteiger partial charge >= 0.3 is 12.3 Å². The Kier molecular flexibility index (Phi) is 9.61. The molecule has 0 atom stereocenters. The molecule has 0 saturated carbocycles. The van der Waals surface area contributed by atoms with Crippen LogP contribution < -0.4 is 5.32 Å². The first-order valence-electron chi connectivity index (χ1n) is 6.87. The third-order valence-corrected chi connectivity index (χ3v) is 2.89. The van der Waals surface area contributed by atoms with Crippen LogP contribution in [0.2, 0.25) is 0 Å². The summed E-state index contributed by atoms with van der Waals surface area (Å²) >= 11 is 0. The zero-order chi connectivity index (χ0) is 14.7. The summed E-state index contributed by atoms with van der Waals surface area (Å²) in [6.45, 7) is 2.16. The summed E-state index contributed by atoms with van der Waals surface area (Å²) in [5, 5.41) is 1.85. The van der Waals surface area contributed by atoms with Crippen LogP contribution in [-0.4, -0.2) is 24.8 Å². The van der Waals surface area contributed by atoms with E-state index in [4.69, 9.17) is 0 Å². The molecule has 0 rings (SSSR count). The largest absolute Gasteiger partial charge is 0.383 e. The lowest BCUT2D eigenvalue weighted by Crippen LogP contribution is -2.45. The van der Waals surface area contributed by atoms with E-state index >= 15 is 0 Å². The van der Waals surface area contributed by atoms with E-state index in [9.17, 15) is 22.4 Å². The second-order valence-corrected chi connectivity index (χ2v) is 4.65. The molecule has 1 amide bonds. The smallest absolute Gasteiger partial charge is 0.351 e. The van der Waals surface area contributed by atoms with Crippen molar-refractivity contribution in [1.29, 1.82) is 0 Å². The van der Waals surface area contributed by atoms with Crippen molar-refractivity contribution in [3.63, 3.8) is 0 Å². The molecule has 0 fully saturated rings. The fourth-order valence-corrected chi connectivity index (χ4v) is 1.68. The molecule has 0 saturated heterocycles. The molecule has 0 unspecified atom stereocenters. The van der Waals surface area contributed by atoms with Crippen molar-refractivity contribution < 1.29 is 22.4 Å². The molecule has 0 aliphatic heterocycles. The maximum Gasteiger partial charge on any atom is 0.383 e. The predicted molar refractivity (Wildman–Crippen MR) is 66.6 cm³/mol.